The second-order valence-corrected chi connectivity index (χ2v) is 3.35. The molecule has 4 nitrogen and oxygen atoms in total. The van der Waals surface area contributed by atoms with E-state index in [2.05, 4.69) is 5.16 Å². The second kappa shape index (κ2) is 6.71. The molecule has 0 aromatic heterocycles. The number of hydrogen-bond donors (Lipinski definition) is 2. The minimum absolute atomic E-state index is 0.0104. The monoisotopic (exact) mass is 207 g/mol. The van der Waals surface area contributed by atoms with E-state index in [1.807, 2.05) is 0 Å². The van der Waals surface area contributed by atoms with Crippen molar-refractivity contribution in [2.75, 3.05) is 0 Å². The van der Waals surface area contributed by atoms with Gasteiger partial charge >= 0.3 is 0 Å². The Balaban J connectivity index is 0.000000310. The normalized spacial score (nSPS) is 24.8. The molecule has 0 radical (unpaired) electrons. The quantitative estimate of drug-likeness (QED) is 0.363. The zero-order valence-corrected chi connectivity index (χ0v) is 8.29. The summed E-state index contributed by atoms with van der Waals surface area (Å²) in [5.41, 5.74) is 0.753. The Morgan fingerprint density at radius 3 is 2.46 bits per heavy atom. The van der Waals surface area contributed by atoms with Crippen LogP contribution in [0.25, 0.3) is 0 Å². The van der Waals surface area contributed by atoms with Crippen molar-refractivity contribution >= 4 is 23.3 Å². The highest BCUT2D eigenvalue weighted by Gasteiger charge is 2.17. The third kappa shape index (κ3) is 6.40. The molecule has 1 aliphatic rings. The lowest BCUT2D eigenvalue weighted by molar-refractivity contribution is -0.134. The van der Waals surface area contributed by atoms with E-state index >= 15 is 0 Å². The molecule has 0 heterocycles. The number of carboxylic acids is 1. The van der Waals surface area contributed by atoms with Crippen LogP contribution in [0.3, 0.4) is 0 Å². The molecule has 0 spiro atoms. The van der Waals surface area contributed by atoms with Gasteiger partial charge in [-0.3, -0.25) is 4.79 Å². The van der Waals surface area contributed by atoms with Crippen LogP contribution in [0.2, 0.25) is 0 Å². The Morgan fingerprint density at radius 2 is 2.15 bits per heavy atom. The van der Waals surface area contributed by atoms with Crippen LogP contribution in [0.1, 0.15) is 32.6 Å². The van der Waals surface area contributed by atoms with Gasteiger partial charge in [0.1, 0.15) is 0 Å². The average Bonchev–Trinajstić information content (AvgIpc) is 2.04. The smallest absolute Gasteiger partial charge is 0.300 e. The Hall–Kier alpha value is -0.770. The Morgan fingerprint density at radius 1 is 1.62 bits per heavy atom. The first-order valence-corrected chi connectivity index (χ1v) is 4.56. The molecule has 1 atom stereocenters. The molecule has 0 aromatic rings. The minimum Gasteiger partial charge on any atom is -0.481 e. The summed E-state index contributed by atoms with van der Waals surface area (Å²) in [6.07, 6.45) is 4.10. The molecule has 76 valence electrons. The summed E-state index contributed by atoms with van der Waals surface area (Å²) in [7, 11) is 0. The SMILES string of the molecule is CC(=O)O.ON=C1CCCCC1Cl. The van der Waals surface area contributed by atoms with Crippen molar-refractivity contribution in [3.8, 4) is 0 Å². The molecular weight excluding hydrogens is 194 g/mol. The van der Waals surface area contributed by atoms with Gasteiger partial charge in [0.2, 0.25) is 0 Å². The van der Waals surface area contributed by atoms with Gasteiger partial charge in [-0.2, -0.15) is 0 Å². The van der Waals surface area contributed by atoms with Crippen molar-refractivity contribution < 1.29 is 15.1 Å². The van der Waals surface area contributed by atoms with Gasteiger partial charge in [0, 0.05) is 6.92 Å². The van der Waals surface area contributed by atoms with Crippen LogP contribution in [0, 0.1) is 0 Å². The highest BCUT2D eigenvalue weighted by molar-refractivity contribution is 6.32. The van der Waals surface area contributed by atoms with E-state index in [0.717, 1.165) is 38.3 Å². The molecule has 1 fully saturated rings. The predicted molar refractivity (Wildman–Crippen MR) is 50.6 cm³/mol. The Bertz CT molecular complexity index is 190. The summed E-state index contributed by atoms with van der Waals surface area (Å²) >= 11 is 5.79. The number of halogens is 1. The van der Waals surface area contributed by atoms with Crippen LogP contribution in [0.4, 0.5) is 0 Å². The van der Waals surface area contributed by atoms with E-state index in [-0.39, 0.29) is 5.38 Å². The number of carbonyl (C=O) groups is 1. The highest BCUT2D eigenvalue weighted by atomic mass is 35.5. The number of hydrogen-bond acceptors (Lipinski definition) is 3. The van der Waals surface area contributed by atoms with Crippen LogP contribution in [-0.4, -0.2) is 27.4 Å². The minimum atomic E-state index is -0.833. The fourth-order valence-electron chi connectivity index (χ4n) is 1.07. The molecule has 0 saturated heterocycles. The van der Waals surface area contributed by atoms with Crippen LogP contribution in [-0.2, 0) is 4.79 Å². The summed E-state index contributed by atoms with van der Waals surface area (Å²) in [5, 5.41) is 18.9. The Kier molecular flexibility index (Phi) is 6.32. The zero-order chi connectivity index (χ0) is 10.3. The molecule has 5 heteroatoms. The van der Waals surface area contributed by atoms with Crippen molar-refractivity contribution in [2.24, 2.45) is 5.16 Å². The van der Waals surface area contributed by atoms with Gasteiger partial charge in [-0.05, 0) is 19.3 Å². The van der Waals surface area contributed by atoms with Gasteiger partial charge in [0.15, 0.2) is 0 Å². The molecule has 1 unspecified atom stereocenters. The van der Waals surface area contributed by atoms with Crippen molar-refractivity contribution in [3.63, 3.8) is 0 Å². The standard InChI is InChI=1S/C6H10ClNO.C2H4O2/c7-5-3-1-2-4-6(5)8-9;1-2(3)4/h5,9H,1-4H2;1H3,(H,3,4). The lowest BCUT2D eigenvalue weighted by atomic mass is 9.98. The van der Waals surface area contributed by atoms with Gasteiger partial charge in [0.05, 0.1) is 11.1 Å². The lowest BCUT2D eigenvalue weighted by Crippen LogP contribution is -2.18. The molecule has 0 aliphatic heterocycles. The number of aliphatic carboxylic acids is 1. The average molecular weight is 208 g/mol. The predicted octanol–water partition coefficient (Wildman–Crippen LogP) is 2.09. The molecule has 0 aromatic carbocycles. The summed E-state index contributed by atoms with van der Waals surface area (Å²) in [6.45, 7) is 1.08. The third-order valence-corrected chi connectivity index (χ3v) is 2.10. The van der Waals surface area contributed by atoms with Gasteiger partial charge in [-0.1, -0.05) is 11.6 Å². The van der Waals surface area contributed by atoms with E-state index in [0.29, 0.717) is 0 Å². The molecule has 1 saturated carbocycles. The van der Waals surface area contributed by atoms with Crippen LogP contribution >= 0.6 is 11.6 Å². The summed E-state index contributed by atoms with van der Waals surface area (Å²) in [5.74, 6) is -0.833. The maximum Gasteiger partial charge on any atom is 0.300 e. The van der Waals surface area contributed by atoms with Crippen LogP contribution < -0.4 is 0 Å². The molecule has 0 bridgehead atoms. The lowest BCUT2D eigenvalue weighted by Gasteiger charge is -2.15. The molecule has 1 aliphatic carbocycles. The first-order chi connectivity index (χ1) is 6.07. The number of nitrogens with zero attached hydrogens (tertiary/aromatic N) is 1. The maximum absolute atomic E-state index is 9.00. The van der Waals surface area contributed by atoms with Gasteiger partial charge in [0.25, 0.3) is 5.97 Å². The molecule has 2 N–H and O–H groups in total. The van der Waals surface area contributed by atoms with E-state index < -0.39 is 5.97 Å². The largest absolute Gasteiger partial charge is 0.481 e. The van der Waals surface area contributed by atoms with Crippen LogP contribution in [0.15, 0.2) is 5.16 Å². The Labute approximate surface area is 82.2 Å². The maximum atomic E-state index is 9.00. The number of oxime groups is 1. The number of rotatable bonds is 0. The summed E-state index contributed by atoms with van der Waals surface area (Å²) in [6, 6.07) is 0. The highest BCUT2D eigenvalue weighted by Crippen LogP contribution is 2.19. The van der Waals surface area contributed by atoms with Crippen molar-refractivity contribution in [2.45, 2.75) is 38.0 Å². The fourth-order valence-corrected chi connectivity index (χ4v) is 1.37. The number of alkyl halides is 1. The fraction of sp³-hybridized carbons (Fsp3) is 0.750. The van der Waals surface area contributed by atoms with E-state index in [4.69, 9.17) is 26.7 Å². The topological polar surface area (TPSA) is 69.9 Å². The van der Waals surface area contributed by atoms with Gasteiger partial charge < -0.3 is 10.3 Å². The zero-order valence-electron chi connectivity index (χ0n) is 7.53. The molecular formula is C8H14ClNO3. The van der Waals surface area contributed by atoms with Gasteiger partial charge in [-0.25, -0.2) is 0 Å². The van der Waals surface area contributed by atoms with Crippen LogP contribution in [0.5, 0.6) is 0 Å². The van der Waals surface area contributed by atoms with Crippen molar-refractivity contribution in [1.82, 2.24) is 0 Å². The number of carboxylic acid groups (broad SMARTS) is 1. The summed E-state index contributed by atoms with van der Waals surface area (Å²) < 4.78 is 0. The second-order valence-electron chi connectivity index (χ2n) is 2.82. The van der Waals surface area contributed by atoms with Gasteiger partial charge in [-0.15, -0.1) is 11.6 Å². The molecule has 0 amide bonds. The van der Waals surface area contributed by atoms with E-state index in [9.17, 15) is 0 Å². The summed E-state index contributed by atoms with van der Waals surface area (Å²) in [4.78, 5) is 9.00. The first kappa shape index (κ1) is 12.2. The first-order valence-electron chi connectivity index (χ1n) is 4.12. The van der Waals surface area contributed by atoms with E-state index in [1.165, 1.54) is 0 Å². The van der Waals surface area contributed by atoms with E-state index in [1.54, 1.807) is 0 Å². The molecule has 1 rings (SSSR count). The van der Waals surface area contributed by atoms with Crippen molar-refractivity contribution in [1.29, 1.82) is 0 Å². The molecule has 13 heavy (non-hydrogen) atoms. The van der Waals surface area contributed by atoms with Crippen molar-refractivity contribution in [3.05, 3.63) is 0 Å². The third-order valence-electron chi connectivity index (χ3n) is 1.63.